The predicted octanol–water partition coefficient (Wildman–Crippen LogP) is 3.93. The monoisotopic (exact) mass is 375 g/mol. The first kappa shape index (κ1) is 14.4. The van der Waals surface area contributed by atoms with Crippen LogP contribution in [-0.4, -0.2) is 36.0 Å². The molecule has 100 valence electrons. The number of hydrogen-bond acceptors (Lipinski definition) is 2. The fraction of sp³-hybridized carbons (Fsp3) is 0.571. The number of piperidine rings is 1. The van der Waals surface area contributed by atoms with Crippen molar-refractivity contribution in [3.63, 3.8) is 0 Å². The Balaban J connectivity index is 1.71. The normalized spacial score (nSPS) is 25.1. The summed E-state index contributed by atoms with van der Waals surface area (Å²) in [6.07, 6.45) is 1.27. The zero-order chi connectivity index (χ0) is 13.0. The molecule has 2 nitrogen and oxygen atoms in total. The highest BCUT2D eigenvalue weighted by Crippen LogP contribution is 2.23. The van der Waals surface area contributed by atoms with Gasteiger partial charge >= 0.3 is 0 Å². The Bertz CT molecular complexity index is 369. The minimum absolute atomic E-state index is 0.624. The van der Waals surface area contributed by atoms with Crippen LogP contribution < -0.4 is 4.74 Å². The predicted molar refractivity (Wildman–Crippen MR) is 82.6 cm³/mol. The number of benzene rings is 1. The van der Waals surface area contributed by atoms with Crippen LogP contribution in [0.4, 0.5) is 0 Å². The van der Waals surface area contributed by atoms with Gasteiger partial charge in [0.15, 0.2) is 0 Å². The first-order chi connectivity index (χ1) is 8.65. The van der Waals surface area contributed by atoms with Gasteiger partial charge in [0.25, 0.3) is 0 Å². The van der Waals surface area contributed by atoms with Crippen LogP contribution in [-0.2, 0) is 0 Å². The third-order valence-corrected chi connectivity index (χ3v) is 5.16. The van der Waals surface area contributed by atoms with Crippen LogP contribution in [0.3, 0.4) is 0 Å². The summed E-state index contributed by atoms with van der Waals surface area (Å²) in [4.78, 5) is 3.09. The van der Waals surface area contributed by atoms with Crippen LogP contribution in [0.5, 0.6) is 5.75 Å². The molecular formula is C14H19Br2NO. The van der Waals surface area contributed by atoms with Gasteiger partial charge in [-0.05, 0) is 43.1 Å². The fourth-order valence-electron chi connectivity index (χ4n) is 2.11. The van der Waals surface area contributed by atoms with Gasteiger partial charge in [0, 0.05) is 22.4 Å². The summed E-state index contributed by atoms with van der Waals surface area (Å²) in [5.41, 5.74) is 0. The average molecular weight is 377 g/mol. The van der Waals surface area contributed by atoms with Gasteiger partial charge in [-0.2, -0.15) is 0 Å². The van der Waals surface area contributed by atoms with Crippen molar-refractivity contribution in [1.29, 1.82) is 0 Å². The SMILES string of the molecule is CC1CCN(CCOc2ccc(Br)cc2)CC1Br. The highest BCUT2D eigenvalue weighted by atomic mass is 79.9. The van der Waals surface area contributed by atoms with E-state index >= 15 is 0 Å². The first-order valence-electron chi connectivity index (χ1n) is 6.40. The van der Waals surface area contributed by atoms with Crippen LogP contribution in [0.2, 0.25) is 0 Å². The summed E-state index contributed by atoms with van der Waals surface area (Å²) in [5.74, 6) is 1.73. The van der Waals surface area contributed by atoms with Gasteiger partial charge < -0.3 is 4.74 Å². The van der Waals surface area contributed by atoms with E-state index in [9.17, 15) is 0 Å². The number of halogens is 2. The molecule has 1 aromatic rings. The molecule has 0 aromatic heterocycles. The van der Waals surface area contributed by atoms with Crippen molar-refractivity contribution in [2.75, 3.05) is 26.2 Å². The third-order valence-electron chi connectivity index (χ3n) is 3.44. The summed E-state index contributed by atoms with van der Waals surface area (Å²) in [6, 6.07) is 8.00. The standard InChI is InChI=1S/C14H19Br2NO/c1-11-6-7-17(10-14(11)16)8-9-18-13-4-2-12(15)3-5-13/h2-5,11,14H,6-10H2,1H3. The van der Waals surface area contributed by atoms with Gasteiger partial charge in [0.1, 0.15) is 12.4 Å². The van der Waals surface area contributed by atoms with Crippen molar-refractivity contribution in [2.24, 2.45) is 5.92 Å². The largest absolute Gasteiger partial charge is 0.492 e. The Labute approximate surface area is 126 Å². The molecule has 0 amide bonds. The van der Waals surface area contributed by atoms with E-state index in [4.69, 9.17) is 4.74 Å². The van der Waals surface area contributed by atoms with Crippen molar-refractivity contribution in [2.45, 2.75) is 18.2 Å². The van der Waals surface area contributed by atoms with Crippen molar-refractivity contribution in [3.05, 3.63) is 28.7 Å². The molecule has 0 saturated carbocycles. The summed E-state index contributed by atoms with van der Waals surface area (Å²) >= 11 is 7.17. The summed E-state index contributed by atoms with van der Waals surface area (Å²) < 4.78 is 6.83. The zero-order valence-corrected chi connectivity index (χ0v) is 13.8. The maximum absolute atomic E-state index is 5.75. The molecule has 1 aromatic carbocycles. The van der Waals surface area contributed by atoms with Crippen LogP contribution >= 0.6 is 31.9 Å². The maximum Gasteiger partial charge on any atom is 0.119 e. The number of likely N-dealkylation sites (tertiary alicyclic amines) is 1. The summed E-state index contributed by atoms with van der Waals surface area (Å²) in [5, 5.41) is 0. The van der Waals surface area contributed by atoms with E-state index in [1.807, 2.05) is 24.3 Å². The Morgan fingerprint density at radius 1 is 1.33 bits per heavy atom. The van der Waals surface area contributed by atoms with E-state index in [1.54, 1.807) is 0 Å². The van der Waals surface area contributed by atoms with E-state index < -0.39 is 0 Å². The van der Waals surface area contributed by atoms with E-state index in [0.717, 1.165) is 35.8 Å². The fourth-order valence-corrected chi connectivity index (χ4v) is 3.05. The third kappa shape index (κ3) is 4.25. The van der Waals surface area contributed by atoms with Gasteiger partial charge in [-0.3, -0.25) is 4.90 Å². The molecule has 1 aliphatic rings. The Hall–Kier alpha value is -0.0600. The molecule has 2 atom stereocenters. The van der Waals surface area contributed by atoms with Crippen LogP contribution in [0.15, 0.2) is 28.7 Å². The smallest absolute Gasteiger partial charge is 0.119 e. The molecule has 2 rings (SSSR count). The number of nitrogens with zero attached hydrogens (tertiary/aromatic N) is 1. The van der Waals surface area contributed by atoms with E-state index in [2.05, 4.69) is 43.7 Å². The second-order valence-electron chi connectivity index (χ2n) is 4.88. The molecule has 0 aliphatic carbocycles. The molecule has 1 fully saturated rings. The summed E-state index contributed by atoms with van der Waals surface area (Å²) in [7, 11) is 0. The van der Waals surface area contributed by atoms with Crippen molar-refractivity contribution in [1.82, 2.24) is 4.90 Å². The lowest BCUT2D eigenvalue weighted by Crippen LogP contribution is -2.41. The molecule has 1 aliphatic heterocycles. The molecule has 0 spiro atoms. The van der Waals surface area contributed by atoms with Crippen LogP contribution in [0, 0.1) is 5.92 Å². The second-order valence-corrected chi connectivity index (χ2v) is 6.98. The molecule has 0 N–H and O–H groups in total. The van der Waals surface area contributed by atoms with Gasteiger partial charge in [-0.1, -0.05) is 38.8 Å². The average Bonchev–Trinajstić information content (AvgIpc) is 2.36. The second kappa shape index (κ2) is 6.92. The van der Waals surface area contributed by atoms with Crippen molar-refractivity contribution < 1.29 is 4.74 Å². The molecule has 2 unspecified atom stereocenters. The topological polar surface area (TPSA) is 12.5 Å². The number of ether oxygens (including phenoxy) is 1. The molecular weight excluding hydrogens is 358 g/mol. The van der Waals surface area contributed by atoms with Crippen LogP contribution in [0.1, 0.15) is 13.3 Å². The minimum atomic E-state index is 0.624. The van der Waals surface area contributed by atoms with Gasteiger partial charge in [0.05, 0.1) is 0 Å². The lowest BCUT2D eigenvalue weighted by atomic mass is 9.99. The molecule has 0 bridgehead atoms. The van der Waals surface area contributed by atoms with E-state index in [0.29, 0.717) is 4.83 Å². The lowest BCUT2D eigenvalue weighted by Gasteiger charge is -2.34. The minimum Gasteiger partial charge on any atom is -0.492 e. The maximum atomic E-state index is 5.75. The molecule has 4 heteroatoms. The first-order valence-corrected chi connectivity index (χ1v) is 8.11. The van der Waals surface area contributed by atoms with E-state index in [1.165, 1.54) is 13.0 Å². The highest BCUT2D eigenvalue weighted by Gasteiger charge is 2.23. The zero-order valence-electron chi connectivity index (χ0n) is 10.6. The van der Waals surface area contributed by atoms with E-state index in [-0.39, 0.29) is 0 Å². The van der Waals surface area contributed by atoms with Gasteiger partial charge in [-0.15, -0.1) is 0 Å². The van der Waals surface area contributed by atoms with Gasteiger partial charge in [0.2, 0.25) is 0 Å². The number of hydrogen-bond donors (Lipinski definition) is 0. The quantitative estimate of drug-likeness (QED) is 0.738. The Kier molecular flexibility index (Phi) is 5.52. The molecule has 1 saturated heterocycles. The van der Waals surface area contributed by atoms with Crippen molar-refractivity contribution >= 4 is 31.9 Å². The Morgan fingerprint density at radius 2 is 2.06 bits per heavy atom. The van der Waals surface area contributed by atoms with Crippen molar-refractivity contribution in [3.8, 4) is 5.75 Å². The van der Waals surface area contributed by atoms with Gasteiger partial charge in [-0.25, -0.2) is 0 Å². The number of rotatable bonds is 4. The molecule has 0 radical (unpaired) electrons. The van der Waals surface area contributed by atoms with Crippen LogP contribution in [0.25, 0.3) is 0 Å². The molecule has 1 heterocycles. The molecule has 18 heavy (non-hydrogen) atoms. The Morgan fingerprint density at radius 3 is 2.72 bits per heavy atom. The highest BCUT2D eigenvalue weighted by molar-refractivity contribution is 9.10. The lowest BCUT2D eigenvalue weighted by molar-refractivity contribution is 0.166. The summed E-state index contributed by atoms with van der Waals surface area (Å²) in [6.45, 7) is 6.40. The number of alkyl halides is 1.